The Kier molecular flexibility index (Phi) is 7.42. The molecule has 0 unspecified atom stereocenters. The summed E-state index contributed by atoms with van der Waals surface area (Å²) in [5, 5.41) is 0. The van der Waals surface area contributed by atoms with E-state index in [9.17, 15) is 9.59 Å². The number of hydrogen-bond acceptors (Lipinski definition) is 4. The summed E-state index contributed by atoms with van der Waals surface area (Å²) < 4.78 is 11.7. The van der Waals surface area contributed by atoms with Crippen LogP contribution in [0.5, 0.6) is 5.75 Å². The quantitative estimate of drug-likeness (QED) is 0.185. The monoisotopic (exact) mass is 532 g/mol. The van der Waals surface area contributed by atoms with E-state index in [1.807, 2.05) is 72.8 Å². The third-order valence-corrected chi connectivity index (χ3v) is 9.51. The fraction of sp³-hybridized carbons (Fsp3) is 0.333. The molecule has 0 N–H and O–H groups in total. The van der Waals surface area contributed by atoms with Crippen molar-refractivity contribution < 1.29 is 19.1 Å². The molecule has 6 rings (SSSR count). The summed E-state index contributed by atoms with van der Waals surface area (Å²) in [5.74, 6) is 1.66. The maximum atomic E-state index is 12.7. The van der Waals surface area contributed by atoms with Gasteiger partial charge < -0.3 is 9.47 Å². The predicted octanol–water partition coefficient (Wildman–Crippen LogP) is 7.79. The summed E-state index contributed by atoms with van der Waals surface area (Å²) in [4.78, 5) is 25.1. The minimum Gasteiger partial charge on any atom is -0.459 e. The Bertz CT molecular complexity index is 1420. The molecule has 0 bridgehead atoms. The van der Waals surface area contributed by atoms with Gasteiger partial charge in [0.15, 0.2) is 0 Å². The molecule has 3 aromatic carbocycles. The topological polar surface area (TPSA) is 52.6 Å². The molecule has 3 aliphatic carbocycles. The van der Waals surface area contributed by atoms with Crippen molar-refractivity contribution in [1.82, 2.24) is 0 Å². The Morgan fingerprint density at radius 3 is 2.17 bits per heavy atom. The lowest BCUT2D eigenvalue weighted by atomic mass is 9.55. The van der Waals surface area contributed by atoms with Crippen molar-refractivity contribution in [1.29, 1.82) is 0 Å². The molecule has 0 radical (unpaired) electrons. The fourth-order valence-electron chi connectivity index (χ4n) is 7.55. The Hall–Kier alpha value is -3.92. The van der Waals surface area contributed by atoms with E-state index in [1.165, 1.54) is 17.2 Å². The Morgan fingerprint density at radius 1 is 0.800 bits per heavy atom. The number of esters is 2. The highest BCUT2D eigenvalue weighted by molar-refractivity contribution is 5.88. The smallest absolute Gasteiger partial charge is 0.336 e. The van der Waals surface area contributed by atoms with Crippen molar-refractivity contribution >= 4 is 24.1 Å². The van der Waals surface area contributed by atoms with Crippen LogP contribution in [0.25, 0.3) is 12.2 Å². The third kappa shape index (κ3) is 5.40. The summed E-state index contributed by atoms with van der Waals surface area (Å²) in [5.41, 5.74) is 4.69. The molecule has 0 amide bonds. The van der Waals surface area contributed by atoms with E-state index in [2.05, 4.69) is 19.1 Å². The minimum atomic E-state index is -0.365. The standard InChI is InChI=1S/C36H36O4/c1-36-23-22-30-29-17-15-28(39-34(37)20-12-25-8-4-2-5-9-25)24-27(29)14-16-31(30)32(36)18-19-33(36)40-35(38)21-13-26-10-6-3-7-11-26/h2-13,15,17,20-21,24,30-33H,14,16,18-19,22-23H2,1H3/b20-12+,21-13+/t30-,31+,32-,33-,36+/m1/s1. The molecule has 4 heteroatoms. The number of aryl methyl sites for hydroxylation is 1. The molecule has 2 saturated carbocycles. The van der Waals surface area contributed by atoms with Gasteiger partial charge in [-0.2, -0.15) is 0 Å². The van der Waals surface area contributed by atoms with Crippen LogP contribution in [0.15, 0.2) is 91.0 Å². The van der Waals surface area contributed by atoms with Crippen molar-refractivity contribution in [2.24, 2.45) is 17.3 Å². The van der Waals surface area contributed by atoms with Crippen LogP contribution >= 0.6 is 0 Å². The second-order valence-electron chi connectivity index (χ2n) is 11.7. The van der Waals surface area contributed by atoms with Gasteiger partial charge in [-0.1, -0.05) is 73.7 Å². The molecule has 2 fully saturated rings. The highest BCUT2D eigenvalue weighted by atomic mass is 16.5. The van der Waals surface area contributed by atoms with E-state index in [0.717, 1.165) is 49.7 Å². The molecule has 4 nitrogen and oxygen atoms in total. The van der Waals surface area contributed by atoms with Gasteiger partial charge in [-0.3, -0.25) is 0 Å². The molecular formula is C36H36O4. The lowest BCUT2D eigenvalue weighted by Crippen LogP contribution is -2.45. The van der Waals surface area contributed by atoms with Crippen LogP contribution in [0.1, 0.15) is 67.2 Å². The third-order valence-electron chi connectivity index (χ3n) is 9.51. The Morgan fingerprint density at radius 2 is 1.48 bits per heavy atom. The lowest BCUT2D eigenvalue weighted by molar-refractivity contribution is -0.151. The van der Waals surface area contributed by atoms with Gasteiger partial charge in [0, 0.05) is 17.6 Å². The zero-order valence-corrected chi connectivity index (χ0v) is 23.0. The van der Waals surface area contributed by atoms with Gasteiger partial charge in [-0.25, -0.2) is 9.59 Å². The molecular weight excluding hydrogens is 496 g/mol. The number of benzene rings is 3. The summed E-state index contributed by atoms with van der Waals surface area (Å²) in [6, 6.07) is 25.8. The summed E-state index contributed by atoms with van der Waals surface area (Å²) in [6.45, 7) is 2.35. The molecule has 204 valence electrons. The van der Waals surface area contributed by atoms with E-state index in [0.29, 0.717) is 23.5 Å². The van der Waals surface area contributed by atoms with Crippen LogP contribution in [0.4, 0.5) is 0 Å². The molecule has 0 saturated heterocycles. The van der Waals surface area contributed by atoms with Crippen LogP contribution in [0, 0.1) is 17.3 Å². The first-order valence-corrected chi connectivity index (χ1v) is 14.5. The number of rotatable bonds is 6. The highest BCUT2D eigenvalue weighted by Crippen LogP contribution is 2.61. The van der Waals surface area contributed by atoms with Crippen molar-refractivity contribution in [3.63, 3.8) is 0 Å². The normalized spacial score (nSPS) is 27.1. The average Bonchev–Trinajstić information content (AvgIpc) is 3.31. The fourth-order valence-corrected chi connectivity index (χ4v) is 7.55. The van der Waals surface area contributed by atoms with Crippen molar-refractivity contribution in [2.75, 3.05) is 0 Å². The first-order valence-electron chi connectivity index (χ1n) is 14.5. The molecule has 40 heavy (non-hydrogen) atoms. The molecule has 0 aliphatic heterocycles. The van der Waals surface area contributed by atoms with E-state index in [4.69, 9.17) is 9.47 Å². The zero-order valence-electron chi connectivity index (χ0n) is 23.0. The van der Waals surface area contributed by atoms with E-state index in [-0.39, 0.29) is 23.5 Å². The van der Waals surface area contributed by atoms with Gasteiger partial charge >= 0.3 is 11.9 Å². The van der Waals surface area contributed by atoms with Gasteiger partial charge in [0.25, 0.3) is 0 Å². The van der Waals surface area contributed by atoms with Gasteiger partial charge in [-0.15, -0.1) is 0 Å². The van der Waals surface area contributed by atoms with Crippen molar-refractivity contribution in [3.05, 3.63) is 113 Å². The van der Waals surface area contributed by atoms with Crippen LogP contribution in [-0.4, -0.2) is 18.0 Å². The molecule has 3 aromatic rings. The van der Waals surface area contributed by atoms with Gasteiger partial charge in [-0.05, 0) is 103 Å². The summed E-state index contributed by atoms with van der Waals surface area (Å²) in [7, 11) is 0. The zero-order chi connectivity index (χ0) is 27.5. The molecule has 0 heterocycles. The summed E-state index contributed by atoms with van der Waals surface area (Å²) in [6.07, 6.45) is 12.9. The first kappa shape index (κ1) is 26.3. The predicted molar refractivity (Wildman–Crippen MR) is 158 cm³/mol. The van der Waals surface area contributed by atoms with E-state index in [1.54, 1.807) is 12.2 Å². The highest BCUT2D eigenvalue weighted by Gasteiger charge is 2.56. The molecule has 0 aromatic heterocycles. The average molecular weight is 533 g/mol. The Labute approximate surface area is 236 Å². The second-order valence-corrected chi connectivity index (χ2v) is 11.7. The lowest BCUT2D eigenvalue weighted by Gasteiger charge is -2.50. The number of ether oxygens (including phenoxy) is 2. The number of carbonyl (C=O) groups is 2. The van der Waals surface area contributed by atoms with Gasteiger partial charge in [0.05, 0.1) is 0 Å². The van der Waals surface area contributed by atoms with Gasteiger partial charge in [0.1, 0.15) is 11.9 Å². The number of fused-ring (bicyclic) bond motifs is 5. The maximum absolute atomic E-state index is 12.7. The number of carbonyl (C=O) groups excluding carboxylic acids is 2. The number of hydrogen-bond donors (Lipinski definition) is 0. The van der Waals surface area contributed by atoms with Crippen LogP contribution in [-0.2, 0) is 20.7 Å². The van der Waals surface area contributed by atoms with Crippen molar-refractivity contribution in [3.8, 4) is 5.75 Å². The summed E-state index contributed by atoms with van der Waals surface area (Å²) >= 11 is 0. The van der Waals surface area contributed by atoms with Crippen LogP contribution in [0.2, 0.25) is 0 Å². The van der Waals surface area contributed by atoms with Crippen LogP contribution in [0.3, 0.4) is 0 Å². The molecule has 3 aliphatic rings. The first-order chi connectivity index (χ1) is 19.5. The largest absolute Gasteiger partial charge is 0.459 e. The SMILES string of the molecule is C[C@]12CC[C@@H]3c4ccc(OC(=O)/C=C/c5ccccc5)cc4CC[C@@H]3[C@H]1CC[C@H]2OC(=O)/C=C/c1ccccc1. The molecule has 5 atom stereocenters. The van der Waals surface area contributed by atoms with E-state index < -0.39 is 0 Å². The maximum Gasteiger partial charge on any atom is 0.336 e. The molecule has 0 spiro atoms. The van der Waals surface area contributed by atoms with Crippen molar-refractivity contribution in [2.45, 2.75) is 57.5 Å². The van der Waals surface area contributed by atoms with E-state index >= 15 is 0 Å². The minimum absolute atomic E-state index is 0.0233. The Balaban J connectivity index is 1.10. The van der Waals surface area contributed by atoms with Gasteiger partial charge in [0.2, 0.25) is 0 Å². The van der Waals surface area contributed by atoms with Crippen LogP contribution < -0.4 is 4.74 Å². The second kappa shape index (κ2) is 11.3.